The molecule has 0 bridgehead atoms. The quantitative estimate of drug-likeness (QED) is 0.572. The van der Waals surface area contributed by atoms with Crippen LogP contribution in [0, 0.1) is 0 Å². The zero-order chi connectivity index (χ0) is 10.8. The fraction of sp³-hybridized carbons (Fsp3) is 0.250. The minimum Gasteiger partial charge on any atom is -0.476 e. The molecule has 0 aliphatic heterocycles. The van der Waals surface area contributed by atoms with Crippen molar-refractivity contribution in [3.8, 4) is 5.75 Å². The van der Waals surface area contributed by atoms with Gasteiger partial charge in [-0.05, 0) is 19.1 Å². The first-order chi connectivity index (χ1) is 6.39. The Morgan fingerprint density at radius 3 is 2.64 bits per heavy atom. The van der Waals surface area contributed by atoms with Crippen LogP contribution in [0.25, 0.3) is 0 Å². The first-order valence-corrected chi connectivity index (χ1v) is 5.33. The summed E-state index contributed by atoms with van der Waals surface area (Å²) in [4.78, 5) is -0.212. The van der Waals surface area contributed by atoms with Crippen molar-refractivity contribution in [1.82, 2.24) is 0 Å². The largest absolute Gasteiger partial charge is 0.476 e. The van der Waals surface area contributed by atoms with Crippen molar-refractivity contribution in [2.24, 2.45) is 5.73 Å². The molecule has 0 heterocycles. The molecule has 0 saturated heterocycles. The van der Waals surface area contributed by atoms with E-state index in [2.05, 4.69) is 0 Å². The lowest BCUT2D eigenvalue weighted by Gasteiger charge is -2.09. The zero-order valence-electron chi connectivity index (χ0n) is 7.54. The van der Waals surface area contributed by atoms with Gasteiger partial charge in [0.15, 0.2) is 0 Å². The molecular weight excluding hydrogens is 206 g/mol. The summed E-state index contributed by atoms with van der Waals surface area (Å²) in [6.07, 6.45) is -0.536. The van der Waals surface area contributed by atoms with E-state index in [1.807, 2.05) is 0 Å². The molecule has 1 aromatic rings. The van der Waals surface area contributed by atoms with E-state index < -0.39 is 16.3 Å². The Bertz CT molecular complexity index is 413. The summed E-state index contributed by atoms with van der Waals surface area (Å²) in [5.41, 5.74) is 5.35. The lowest BCUT2D eigenvalue weighted by atomic mass is 10.3. The van der Waals surface area contributed by atoms with Gasteiger partial charge in [-0.1, -0.05) is 6.07 Å². The SMILES string of the molecule is CC(N)Oc1cccc(S(=O)(=O)O)c1. The summed E-state index contributed by atoms with van der Waals surface area (Å²) < 4.78 is 35.3. The second-order valence-electron chi connectivity index (χ2n) is 2.77. The highest BCUT2D eigenvalue weighted by molar-refractivity contribution is 7.85. The molecular formula is C8H11NO4S. The Morgan fingerprint density at radius 2 is 2.14 bits per heavy atom. The van der Waals surface area contributed by atoms with Crippen LogP contribution in [0.1, 0.15) is 6.92 Å². The van der Waals surface area contributed by atoms with Crippen LogP contribution in [0.5, 0.6) is 5.75 Å². The smallest absolute Gasteiger partial charge is 0.294 e. The Balaban J connectivity index is 3.02. The van der Waals surface area contributed by atoms with Gasteiger partial charge in [-0.3, -0.25) is 10.3 Å². The van der Waals surface area contributed by atoms with Crippen LogP contribution < -0.4 is 10.5 Å². The molecule has 0 spiro atoms. The van der Waals surface area contributed by atoms with Gasteiger partial charge < -0.3 is 4.74 Å². The van der Waals surface area contributed by atoms with Gasteiger partial charge in [0, 0.05) is 6.07 Å². The summed E-state index contributed by atoms with van der Waals surface area (Å²) in [5.74, 6) is 0.301. The Labute approximate surface area is 82.2 Å². The Morgan fingerprint density at radius 1 is 1.50 bits per heavy atom. The summed E-state index contributed by atoms with van der Waals surface area (Å²) in [6, 6.07) is 5.49. The Kier molecular flexibility index (Phi) is 3.10. The number of benzene rings is 1. The van der Waals surface area contributed by atoms with Gasteiger partial charge in [-0.2, -0.15) is 8.42 Å². The fourth-order valence-corrected chi connectivity index (χ4v) is 1.44. The highest BCUT2D eigenvalue weighted by Crippen LogP contribution is 2.17. The standard InChI is InChI=1S/C8H11NO4S/c1-6(9)13-7-3-2-4-8(5-7)14(10,11)12/h2-6H,9H2,1H3,(H,10,11,12). The van der Waals surface area contributed by atoms with Gasteiger partial charge in [0.05, 0.1) is 4.90 Å². The molecule has 1 aromatic carbocycles. The van der Waals surface area contributed by atoms with Crippen molar-refractivity contribution in [3.63, 3.8) is 0 Å². The van der Waals surface area contributed by atoms with E-state index in [4.69, 9.17) is 15.0 Å². The maximum absolute atomic E-state index is 10.7. The minimum atomic E-state index is -4.18. The number of hydrogen-bond acceptors (Lipinski definition) is 4. The number of hydrogen-bond donors (Lipinski definition) is 2. The average Bonchev–Trinajstić information content (AvgIpc) is 2.01. The van der Waals surface area contributed by atoms with Crippen LogP contribution >= 0.6 is 0 Å². The predicted octanol–water partition coefficient (Wildman–Crippen LogP) is 0.617. The summed E-state index contributed by atoms with van der Waals surface area (Å²) in [7, 11) is -4.18. The monoisotopic (exact) mass is 217 g/mol. The number of nitrogens with two attached hydrogens (primary N) is 1. The molecule has 0 aliphatic carbocycles. The number of ether oxygens (including phenoxy) is 1. The molecule has 0 aliphatic rings. The van der Waals surface area contributed by atoms with Crippen molar-refractivity contribution >= 4 is 10.1 Å². The van der Waals surface area contributed by atoms with E-state index in [1.165, 1.54) is 18.2 Å². The lowest BCUT2D eigenvalue weighted by molar-refractivity contribution is 0.229. The van der Waals surface area contributed by atoms with Crippen LogP contribution in [-0.2, 0) is 10.1 Å². The molecule has 1 atom stereocenters. The van der Waals surface area contributed by atoms with Gasteiger partial charge in [-0.25, -0.2) is 0 Å². The van der Waals surface area contributed by atoms with Crippen LogP contribution in [0.3, 0.4) is 0 Å². The third kappa shape index (κ3) is 2.99. The van der Waals surface area contributed by atoms with E-state index in [9.17, 15) is 8.42 Å². The summed E-state index contributed by atoms with van der Waals surface area (Å²) >= 11 is 0. The second kappa shape index (κ2) is 3.95. The van der Waals surface area contributed by atoms with Crippen molar-refractivity contribution < 1.29 is 17.7 Å². The highest BCUT2D eigenvalue weighted by Gasteiger charge is 2.10. The maximum Gasteiger partial charge on any atom is 0.294 e. The molecule has 1 rings (SSSR count). The first-order valence-electron chi connectivity index (χ1n) is 3.89. The topological polar surface area (TPSA) is 89.6 Å². The molecule has 0 fully saturated rings. The normalized spacial score (nSPS) is 13.6. The third-order valence-electron chi connectivity index (χ3n) is 1.43. The van der Waals surface area contributed by atoms with Gasteiger partial charge in [0.2, 0.25) is 0 Å². The molecule has 78 valence electrons. The molecule has 0 amide bonds. The molecule has 0 radical (unpaired) electrons. The molecule has 3 N–H and O–H groups in total. The maximum atomic E-state index is 10.7. The third-order valence-corrected chi connectivity index (χ3v) is 2.27. The number of rotatable bonds is 3. The second-order valence-corrected chi connectivity index (χ2v) is 4.19. The van der Waals surface area contributed by atoms with Crippen molar-refractivity contribution in [3.05, 3.63) is 24.3 Å². The first kappa shape index (κ1) is 11.0. The van der Waals surface area contributed by atoms with E-state index in [0.29, 0.717) is 5.75 Å². The van der Waals surface area contributed by atoms with Gasteiger partial charge in [0.25, 0.3) is 10.1 Å². The molecule has 5 nitrogen and oxygen atoms in total. The molecule has 0 aromatic heterocycles. The summed E-state index contributed by atoms with van der Waals surface area (Å²) in [6.45, 7) is 1.61. The van der Waals surface area contributed by atoms with Gasteiger partial charge >= 0.3 is 0 Å². The lowest BCUT2D eigenvalue weighted by Crippen LogP contribution is -2.22. The van der Waals surface area contributed by atoms with Gasteiger partial charge in [-0.15, -0.1) is 0 Å². The minimum absolute atomic E-state index is 0.212. The molecule has 14 heavy (non-hydrogen) atoms. The summed E-state index contributed by atoms with van der Waals surface area (Å²) in [5, 5.41) is 0. The van der Waals surface area contributed by atoms with Crippen LogP contribution in [0.2, 0.25) is 0 Å². The predicted molar refractivity (Wildman–Crippen MR) is 50.5 cm³/mol. The van der Waals surface area contributed by atoms with Crippen LogP contribution in [0.15, 0.2) is 29.2 Å². The highest BCUT2D eigenvalue weighted by atomic mass is 32.2. The molecule has 1 unspecified atom stereocenters. The molecule has 0 saturated carbocycles. The molecule has 6 heteroatoms. The van der Waals surface area contributed by atoms with E-state index in [0.717, 1.165) is 0 Å². The van der Waals surface area contributed by atoms with Crippen molar-refractivity contribution in [2.75, 3.05) is 0 Å². The average molecular weight is 217 g/mol. The fourth-order valence-electron chi connectivity index (χ4n) is 0.923. The van der Waals surface area contributed by atoms with Crippen molar-refractivity contribution in [2.45, 2.75) is 18.0 Å². The van der Waals surface area contributed by atoms with E-state index in [-0.39, 0.29) is 4.90 Å². The van der Waals surface area contributed by atoms with Gasteiger partial charge in [0.1, 0.15) is 12.0 Å². The zero-order valence-corrected chi connectivity index (χ0v) is 8.36. The van der Waals surface area contributed by atoms with Crippen molar-refractivity contribution in [1.29, 1.82) is 0 Å². The van der Waals surface area contributed by atoms with E-state index >= 15 is 0 Å². The van der Waals surface area contributed by atoms with Crippen LogP contribution in [-0.4, -0.2) is 19.2 Å². The Hall–Kier alpha value is -1.11. The van der Waals surface area contributed by atoms with Crippen LogP contribution in [0.4, 0.5) is 0 Å². The van der Waals surface area contributed by atoms with E-state index in [1.54, 1.807) is 13.0 Å².